The molecular formula is C20H25Cl2N3O3. The topological polar surface area (TPSA) is 75.1 Å². The smallest absolute Gasteiger partial charge is 0.200 e. The van der Waals surface area contributed by atoms with Crippen LogP contribution in [0.5, 0.6) is 17.2 Å². The zero-order valence-corrected chi connectivity index (χ0v) is 17.9. The van der Waals surface area contributed by atoms with E-state index in [4.69, 9.17) is 32.7 Å². The monoisotopic (exact) mass is 425 g/mol. The fraction of sp³-hybridized carbons (Fsp3) is 0.350. The summed E-state index contributed by atoms with van der Waals surface area (Å²) in [6.07, 6.45) is 0. The van der Waals surface area contributed by atoms with Gasteiger partial charge in [0.1, 0.15) is 0 Å². The second kappa shape index (κ2) is 10.3. The number of methoxy groups -OCH3 is 2. The molecule has 0 aliphatic carbocycles. The molecule has 0 heterocycles. The molecule has 3 N–H and O–H groups in total. The minimum Gasteiger partial charge on any atom is -0.502 e. The molecule has 2 aromatic rings. The first-order valence-electron chi connectivity index (χ1n) is 8.83. The Kier molecular flexibility index (Phi) is 8.08. The number of hydrogen-bond donors (Lipinski definition) is 3. The summed E-state index contributed by atoms with van der Waals surface area (Å²) in [6.45, 7) is 5.09. The van der Waals surface area contributed by atoms with Crippen LogP contribution in [0.1, 0.15) is 31.0 Å². The third-order valence-electron chi connectivity index (χ3n) is 4.10. The predicted octanol–water partition coefficient (Wildman–Crippen LogP) is 4.53. The molecule has 2 rings (SSSR count). The molecule has 152 valence electrons. The summed E-state index contributed by atoms with van der Waals surface area (Å²) in [6, 6.07) is 8.96. The van der Waals surface area contributed by atoms with Crippen molar-refractivity contribution in [1.82, 2.24) is 10.6 Å². The van der Waals surface area contributed by atoms with E-state index in [9.17, 15) is 5.11 Å². The average Bonchev–Trinajstić information content (AvgIpc) is 2.69. The molecule has 0 aromatic heterocycles. The van der Waals surface area contributed by atoms with Gasteiger partial charge >= 0.3 is 0 Å². The van der Waals surface area contributed by atoms with Gasteiger partial charge in [-0.2, -0.15) is 0 Å². The van der Waals surface area contributed by atoms with Gasteiger partial charge in [-0.1, -0.05) is 29.3 Å². The second-order valence-corrected chi connectivity index (χ2v) is 6.90. The first-order valence-corrected chi connectivity index (χ1v) is 9.58. The molecule has 0 bridgehead atoms. The van der Waals surface area contributed by atoms with Gasteiger partial charge in [-0.3, -0.25) is 0 Å². The van der Waals surface area contributed by atoms with Crippen molar-refractivity contribution in [2.45, 2.75) is 26.4 Å². The van der Waals surface area contributed by atoms with Gasteiger partial charge < -0.3 is 25.2 Å². The highest BCUT2D eigenvalue weighted by Crippen LogP contribution is 2.37. The molecule has 0 saturated heterocycles. The highest BCUT2D eigenvalue weighted by Gasteiger charge is 2.12. The molecule has 28 heavy (non-hydrogen) atoms. The number of aromatic hydroxyl groups is 1. The molecule has 1 atom stereocenters. The molecule has 0 aliphatic heterocycles. The van der Waals surface area contributed by atoms with Crippen LogP contribution in [0.3, 0.4) is 0 Å². The van der Waals surface area contributed by atoms with Gasteiger partial charge in [0.15, 0.2) is 17.5 Å². The van der Waals surface area contributed by atoms with Gasteiger partial charge in [0.25, 0.3) is 0 Å². The lowest BCUT2D eigenvalue weighted by Crippen LogP contribution is -2.38. The molecule has 6 nitrogen and oxygen atoms in total. The number of benzene rings is 2. The molecule has 2 aromatic carbocycles. The number of hydrogen-bond acceptors (Lipinski definition) is 4. The van der Waals surface area contributed by atoms with Crippen LogP contribution < -0.4 is 20.1 Å². The van der Waals surface area contributed by atoms with E-state index in [1.165, 1.54) is 14.2 Å². The fourth-order valence-corrected chi connectivity index (χ4v) is 2.91. The van der Waals surface area contributed by atoms with Crippen molar-refractivity contribution in [3.8, 4) is 17.2 Å². The maximum absolute atomic E-state index is 10.0. The third-order valence-corrected chi connectivity index (χ3v) is 4.84. The lowest BCUT2D eigenvalue weighted by Gasteiger charge is -2.19. The zero-order chi connectivity index (χ0) is 20.7. The van der Waals surface area contributed by atoms with Crippen LogP contribution in [0.25, 0.3) is 0 Å². The van der Waals surface area contributed by atoms with E-state index in [2.05, 4.69) is 15.6 Å². The van der Waals surface area contributed by atoms with E-state index >= 15 is 0 Å². The summed E-state index contributed by atoms with van der Waals surface area (Å²) in [5.74, 6) is 1.29. The van der Waals surface area contributed by atoms with E-state index < -0.39 is 0 Å². The SMILES string of the molecule is CCNC(=NCc1cc(OC)c(O)c(OC)c1)NC(C)c1ccc(Cl)c(Cl)c1. The van der Waals surface area contributed by atoms with Crippen molar-refractivity contribution in [3.63, 3.8) is 0 Å². The van der Waals surface area contributed by atoms with Crippen molar-refractivity contribution >= 4 is 29.2 Å². The summed E-state index contributed by atoms with van der Waals surface area (Å²) < 4.78 is 10.4. The van der Waals surface area contributed by atoms with E-state index in [1.54, 1.807) is 18.2 Å². The first kappa shape index (κ1) is 22.0. The van der Waals surface area contributed by atoms with Gasteiger partial charge in [0.05, 0.1) is 36.9 Å². The van der Waals surface area contributed by atoms with Crippen molar-refractivity contribution in [2.75, 3.05) is 20.8 Å². The van der Waals surface area contributed by atoms with Crippen molar-refractivity contribution in [1.29, 1.82) is 0 Å². The van der Waals surface area contributed by atoms with Crippen LogP contribution in [0.4, 0.5) is 0 Å². The van der Waals surface area contributed by atoms with Crippen LogP contribution in [0.2, 0.25) is 10.0 Å². The van der Waals surface area contributed by atoms with E-state index in [-0.39, 0.29) is 11.8 Å². The molecule has 0 saturated carbocycles. The summed E-state index contributed by atoms with van der Waals surface area (Å²) in [5.41, 5.74) is 1.83. The molecular weight excluding hydrogens is 401 g/mol. The normalized spacial score (nSPS) is 12.4. The van der Waals surface area contributed by atoms with Gasteiger partial charge in [-0.25, -0.2) is 4.99 Å². The van der Waals surface area contributed by atoms with Crippen molar-refractivity contribution in [3.05, 3.63) is 51.5 Å². The number of nitrogens with one attached hydrogen (secondary N) is 2. The number of halogens is 2. The Hall–Kier alpha value is -2.31. The largest absolute Gasteiger partial charge is 0.502 e. The molecule has 0 aliphatic rings. The van der Waals surface area contributed by atoms with Crippen LogP contribution in [-0.4, -0.2) is 31.8 Å². The number of nitrogens with zero attached hydrogens (tertiary/aromatic N) is 1. The quantitative estimate of drug-likeness (QED) is 0.448. The zero-order valence-electron chi connectivity index (χ0n) is 16.3. The van der Waals surface area contributed by atoms with Gasteiger partial charge in [0, 0.05) is 6.54 Å². The average molecular weight is 426 g/mol. The van der Waals surface area contributed by atoms with Crippen molar-refractivity contribution < 1.29 is 14.6 Å². The van der Waals surface area contributed by atoms with E-state index in [0.717, 1.165) is 11.1 Å². The number of rotatable bonds is 7. The van der Waals surface area contributed by atoms with Crippen molar-refractivity contribution in [2.24, 2.45) is 4.99 Å². The highest BCUT2D eigenvalue weighted by atomic mass is 35.5. The summed E-state index contributed by atoms with van der Waals surface area (Å²) in [4.78, 5) is 4.61. The summed E-state index contributed by atoms with van der Waals surface area (Å²) >= 11 is 12.1. The molecule has 1 unspecified atom stereocenters. The fourth-order valence-electron chi connectivity index (χ4n) is 2.60. The Morgan fingerprint density at radius 2 is 1.75 bits per heavy atom. The number of aliphatic imine (C=N–C) groups is 1. The summed E-state index contributed by atoms with van der Waals surface area (Å²) in [5, 5.41) is 17.6. The Morgan fingerprint density at radius 3 is 2.29 bits per heavy atom. The minimum atomic E-state index is -0.0315. The van der Waals surface area contributed by atoms with Crippen LogP contribution in [-0.2, 0) is 6.54 Å². The third kappa shape index (κ3) is 5.59. The molecule has 0 fully saturated rings. The lowest BCUT2D eigenvalue weighted by atomic mass is 10.1. The van der Waals surface area contributed by atoms with Crippen LogP contribution in [0, 0.1) is 0 Å². The molecule has 0 spiro atoms. The second-order valence-electron chi connectivity index (χ2n) is 6.08. The molecule has 0 amide bonds. The van der Waals surface area contributed by atoms with Crippen LogP contribution >= 0.6 is 23.2 Å². The summed E-state index contributed by atoms with van der Waals surface area (Å²) in [7, 11) is 2.98. The first-order chi connectivity index (χ1) is 13.4. The maximum atomic E-state index is 10.0. The standard InChI is InChI=1S/C20H25Cl2N3O3/c1-5-23-20(25-12(2)14-6-7-15(21)16(22)10-14)24-11-13-8-17(27-3)19(26)18(9-13)28-4/h6-10,12,26H,5,11H2,1-4H3,(H2,23,24,25). The van der Waals surface area contributed by atoms with E-state index in [0.29, 0.717) is 40.6 Å². The van der Waals surface area contributed by atoms with Gasteiger partial charge in [0.2, 0.25) is 5.75 Å². The number of guanidine groups is 1. The van der Waals surface area contributed by atoms with Gasteiger partial charge in [-0.15, -0.1) is 0 Å². The van der Waals surface area contributed by atoms with E-state index in [1.807, 2.05) is 26.0 Å². The van der Waals surface area contributed by atoms with Gasteiger partial charge in [-0.05, 0) is 49.2 Å². The number of phenols is 1. The number of phenolic OH excluding ortho intramolecular Hbond substituents is 1. The Bertz CT molecular complexity index is 818. The Balaban J connectivity index is 2.19. The van der Waals surface area contributed by atoms with Crippen LogP contribution in [0.15, 0.2) is 35.3 Å². The lowest BCUT2D eigenvalue weighted by molar-refractivity contribution is 0.339. The molecule has 8 heteroatoms. The maximum Gasteiger partial charge on any atom is 0.200 e. The minimum absolute atomic E-state index is 0.0311. The Morgan fingerprint density at radius 1 is 1.11 bits per heavy atom. The highest BCUT2D eigenvalue weighted by molar-refractivity contribution is 6.42. The Labute approximate surface area is 175 Å². The predicted molar refractivity (Wildman–Crippen MR) is 114 cm³/mol. The molecule has 0 radical (unpaired) electrons. The number of ether oxygens (including phenoxy) is 2.